The van der Waals surface area contributed by atoms with Gasteiger partial charge in [0.25, 0.3) is 5.88 Å². The van der Waals surface area contributed by atoms with Gasteiger partial charge in [-0.25, -0.2) is 10.4 Å². The van der Waals surface area contributed by atoms with E-state index in [1.54, 1.807) is 25.5 Å². The second-order valence-corrected chi connectivity index (χ2v) is 3.17. The summed E-state index contributed by atoms with van der Waals surface area (Å²) in [6, 6.07) is 5.53. The van der Waals surface area contributed by atoms with Crippen molar-refractivity contribution < 1.29 is 4.42 Å². The maximum atomic E-state index is 8.78. The molecule has 84 valence electrons. The number of aromatic nitrogens is 2. The summed E-state index contributed by atoms with van der Waals surface area (Å²) < 4.78 is 5.17. The van der Waals surface area contributed by atoms with Crippen LogP contribution in [-0.4, -0.2) is 16.2 Å². The molecule has 6 nitrogen and oxygen atoms in total. The van der Waals surface area contributed by atoms with Crippen molar-refractivity contribution in [2.75, 3.05) is 5.43 Å². The third kappa shape index (κ3) is 2.66. The van der Waals surface area contributed by atoms with Gasteiger partial charge in [-0.1, -0.05) is 0 Å². The van der Waals surface area contributed by atoms with Gasteiger partial charge in [0.05, 0.1) is 6.21 Å². The van der Waals surface area contributed by atoms with E-state index in [1.165, 1.54) is 0 Å². The summed E-state index contributed by atoms with van der Waals surface area (Å²) in [5.41, 5.74) is 3.71. The van der Waals surface area contributed by atoms with Crippen molar-refractivity contribution in [2.45, 2.75) is 6.92 Å². The van der Waals surface area contributed by atoms with E-state index in [0.717, 1.165) is 5.56 Å². The van der Waals surface area contributed by atoms with E-state index in [4.69, 9.17) is 9.68 Å². The molecule has 0 aliphatic rings. The second-order valence-electron chi connectivity index (χ2n) is 3.17. The highest BCUT2D eigenvalue weighted by Gasteiger charge is 2.08. The number of rotatable bonds is 3. The molecular weight excluding hydrogens is 218 g/mol. The first kappa shape index (κ1) is 10.8. The van der Waals surface area contributed by atoms with Crippen LogP contribution in [0, 0.1) is 18.3 Å². The van der Waals surface area contributed by atoms with Crippen LogP contribution in [0.15, 0.2) is 34.0 Å². The van der Waals surface area contributed by atoms with Gasteiger partial charge in [0.1, 0.15) is 6.07 Å². The predicted molar refractivity (Wildman–Crippen MR) is 61.4 cm³/mol. The first-order valence-electron chi connectivity index (χ1n) is 4.86. The lowest BCUT2D eigenvalue weighted by atomic mass is 10.3. The highest BCUT2D eigenvalue weighted by molar-refractivity contribution is 5.79. The van der Waals surface area contributed by atoms with Crippen LogP contribution in [-0.2, 0) is 0 Å². The number of hydrogen-bond donors (Lipinski definition) is 1. The summed E-state index contributed by atoms with van der Waals surface area (Å²) in [5.74, 6) is 0.665. The van der Waals surface area contributed by atoms with Gasteiger partial charge in [-0.15, -0.1) is 0 Å². The fraction of sp³-hybridized carbons (Fsp3) is 0.0909. The zero-order valence-corrected chi connectivity index (χ0v) is 9.08. The zero-order chi connectivity index (χ0) is 12.1. The van der Waals surface area contributed by atoms with Gasteiger partial charge in [0.15, 0.2) is 5.89 Å². The molecule has 1 N–H and O–H groups in total. The quantitative estimate of drug-likeness (QED) is 0.636. The van der Waals surface area contributed by atoms with E-state index in [0.29, 0.717) is 5.89 Å². The molecule has 0 fully saturated rings. The maximum absolute atomic E-state index is 8.78. The largest absolute Gasteiger partial charge is 0.422 e. The molecule has 2 aromatic rings. The monoisotopic (exact) mass is 227 g/mol. The Kier molecular flexibility index (Phi) is 3.12. The Morgan fingerprint density at radius 1 is 1.47 bits per heavy atom. The number of nitrogens with zero attached hydrogens (tertiary/aromatic N) is 4. The molecule has 0 unspecified atom stereocenters. The number of anilines is 1. The minimum absolute atomic E-state index is 0.189. The Hall–Kier alpha value is -2.68. The molecular formula is C11H9N5O. The van der Waals surface area contributed by atoms with E-state index in [2.05, 4.69) is 20.5 Å². The highest BCUT2D eigenvalue weighted by Crippen LogP contribution is 2.15. The van der Waals surface area contributed by atoms with E-state index >= 15 is 0 Å². The molecule has 0 aliphatic carbocycles. The summed E-state index contributed by atoms with van der Waals surface area (Å²) in [7, 11) is 0. The average Bonchev–Trinajstić information content (AvgIpc) is 2.71. The van der Waals surface area contributed by atoms with Crippen LogP contribution in [0.2, 0.25) is 0 Å². The lowest BCUT2D eigenvalue weighted by molar-refractivity contribution is 0.533. The van der Waals surface area contributed by atoms with E-state index in [-0.39, 0.29) is 11.6 Å². The van der Waals surface area contributed by atoms with E-state index < -0.39 is 0 Å². The Morgan fingerprint density at radius 2 is 2.24 bits per heavy atom. The zero-order valence-electron chi connectivity index (χ0n) is 9.08. The van der Waals surface area contributed by atoms with Crippen molar-refractivity contribution in [3.63, 3.8) is 0 Å². The van der Waals surface area contributed by atoms with Crippen LogP contribution in [0.3, 0.4) is 0 Å². The lowest BCUT2D eigenvalue weighted by Gasteiger charge is -1.94. The number of hydrogen-bond acceptors (Lipinski definition) is 6. The molecule has 0 saturated heterocycles. The normalized spacial score (nSPS) is 10.4. The van der Waals surface area contributed by atoms with Gasteiger partial charge >= 0.3 is 0 Å². The molecule has 0 spiro atoms. The van der Waals surface area contributed by atoms with Crippen LogP contribution in [0.1, 0.15) is 17.1 Å². The van der Waals surface area contributed by atoms with Crippen LogP contribution in [0.5, 0.6) is 0 Å². The molecule has 0 radical (unpaired) electrons. The average molecular weight is 227 g/mol. The second kappa shape index (κ2) is 4.90. The summed E-state index contributed by atoms with van der Waals surface area (Å²) >= 11 is 0. The molecule has 2 heterocycles. The van der Waals surface area contributed by atoms with Crippen molar-refractivity contribution in [2.24, 2.45) is 5.10 Å². The summed E-state index contributed by atoms with van der Waals surface area (Å²) in [6.07, 6.45) is 4.93. The van der Waals surface area contributed by atoms with Crippen LogP contribution < -0.4 is 5.43 Å². The Morgan fingerprint density at radius 3 is 2.94 bits per heavy atom. The number of nitriles is 1. The van der Waals surface area contributed by atoms with Gasteiger partial charge in [0, 0.05) is 19.3 Å². The molecule has 2 aromatic heterocycles. The molecule has 0 aromatic carbocycles. The van der Waals surface area contributed by atoms with Gasteiger partial charge in [-0.2, -0.15) is 10.4 Å². The summed E-state index contributed by atoms with van der Waals surface area (Å²) in [4.78, 5) is 7.77. The standard InChI is InChI=1S/C11H9N5O/c1-8-15-10(6-12)11(17-8)16-14-7-9-2-4-13-5-3-9/h2-5,7,16H,1H3/b14-7+. The molecule has 2 rings (SSSR count). The number of pyridine rings is 1. The molecule has 0 amide bonds. The minimum Gasteiger partial charge on any atom is -0.422 e. The van der Waals surface area contributed by atoms with Crippen molar-refractivity contribution in [3.05, 3.63) is 41.7 Å². The fourth-order valence-electron chi connectivity index (χ4n) is 1.19. The SMILES string of the molecule is Cc1nc(C#N)c(N/N=C/c2ccncc2)o1. The predicted octanol–water partition coefficient (Wildman–Crippen LogP) is 1.70. The van der Waals surface area contributed by atoms with Crippen molar-refractivity contribution >= 4 is 12.1 Å². The smallest absolute Gasteiger partial charge is 0.252 e. The third-order valence-electron chi connectivity index (χ3n) is 1.93. The summed E-state index contributed by atoms with van der Waals surface area (Å²) in [6.45, 7) is 1.67. The maximum Gasteiger partial charge on any atom is 0.252 e. The molecule has 0 aliphatic heterocycles. The van der Waals surface area contributed by atoms with Gasteiger partial charge in [-0.05, 0) is 17.7 Å². The summed E-state index contributed by atoms with van der Waals surface area (Å²) in [5, 5.41) is 12.7. The number of oxazole rings is 1. The van der Waals surface area contributed by atoms with Gasteiger partial charge in [-0.3, -0.25) is 4.98 Å². The van der Waals surface area contributed by atoms with Crippen molar-refractivity contribution in [1.29, 1.82) is 5.26 Å². The molecule has 6 heteroatoms. The topological polar surface area (TPSA) is 87.1 Å². The number of hydrazone groups is 1. The van der Waals surface area contributed by atoms with Crippen LogP contribution >= 0.6 is 0 Å². The van der Waals surface area contributed by atoms with Crippen LogP contribution in [0.25, 0.3) is 0 Å². The van der Waals surface area contributed by atoms with Crippen molar-refractivity contribution in [1.82, 2.24) is 9.97 Å². The minimum atomic E-state index is 0.189. The molecule has 0 saturated carbocycles. The highest BCUT2D eigenvalue weighted by atomic mass is 16.4. The Bertz CT molecular complexity index is 567. The molecule has 0 atom stereocenters. The lowest BCUT2D eigenvalue weighted by Crippen LogP contribution is -1.91. The van der Waals surface area contributed by atoms with E-state index in [9.17, 15) is 0 Å². The third-order valence-corrected chi connectivity index (χ3v) is 1.93. The number of nitrogens with one attached hydrogen (secondary N) is 1. The fourth-order valence-corrected chi connectivity index (χ4v) is 1.19. The first-order chi connectivity index (χ1) is 8.29. The Balaban J connectivity index is 2.08. The molecule has 17 heavy (non-hydrogen) atoms. The molecule has 0 bridgehead atoms. The first-order valence-corrected chi connectivity index (χ1v) is 4.86. The van der Waals surface area contributed by atoms with Gasteiger partial charge < -0.3 is 4.42 Å². The van der Waals surface area contributed by atoms with Gasteiger partial charge in [0.2, 0.25) is 5.69 Å². The van der Waals surface area contributed by atoms with E-state index in [1.807, 2.05) is 18.2 Å². The van der Waals surface area contributed by atoms with Crippen LogP contribution in [0.4, 0.5) is 5.88 Å². The van der Waals surface area contributed by atoms with Crippen molar-refractivity contribution in [3.8, 4) is 6.07 Å². The number of aryl methyl sites for hydroxylation is 1. The Labute approximate surface area is 97.6 Å².